The van der Waals surface area contributed by atoms with Crippen molar-refractivity contribution in [3.8, 4) is 0 Å². The number of nitro benzene ring substituents is 1. The van der Waals surface area contributed by atoms with Gasteiger partial charge in [0.25, 0.3) is 5.69 Å². The summed E-state index contributed by atoms with van der Waals surface area (Å²) >= 11 is 0. The van der Waals surface area contributed by atoms with Gasteiger partial charge in [-0.25, -0.2) is 4.79 Å². The fraction of sp³-hybridized carbons (Fsp3) is 0.0556. The molecule has 0 amide bonds. The zero-order valence-electron chi connectivity index (χ0n) is 12.1. The zero-order chi connectivity index (χ0) is 16.2. The van der Waals surface area contributed by atoms with Crippen molar-refractivity contribution >= 4 is 22.4 Å². The van der Waals surface area contributed by atoms with Gasteiger partial charge in [0.1, 0.15) is 6.61 Å². The van der Waals surface area contributed by atoms with E-state index in [4.69, 9.17) is 4.74 Å². The van der Waals surface area contributed by atoms with Crippen molar-refractivity contribution in [3.05, 3.63) is 88.0 Å². The molecule has 0 heterocycles. The Labute approximate surface area is 132 Å². The number of hydrogen-bond donors (Lipinski definition) is 0. The zero-order valence-corrected chi connectivity index (χ0v) is 12.1. The van der Waals surface area contributed by atoms with Gasteiger partial charge in [0.15, 0.2) is 0 Å². The predicted octanol–water partition coefficient (Wildman–Crippen LogP) is 4.11. The lowest BCUT2D eigenvalue weighted by molar-refractivity contribution is -0.385. The Balaban J connectivity index is 1.77. The van der Waals surface area contributed by atoms with E-state index in [1.54, 1.807) is 30.3 Å². The maximum Gasteiger partial charge on any atom is 0.338 e. The number of nitro groups is 1. The third-order valence-corrected chi connectivity index (χ3v) is 3.53. The molecule has 0 aliphatic heterocycles. The average molecular weight is 307 g/mol. The summed E-state index contributed by atoms with van der Waals surface area (Å²) in [5.74, 6) is -0.506. The molecule has 23 heavy (non-hydrogen) atoms. The molecule has 0 saturated carbocycles. The molecule has 3 aromatic carbocycles. The quantitative estimate of drug-likeness (QED) is 0.413. The maximum atomic E-state index is 12.2. The number of ether oxygens (including phenoxy) is 1. The fourth-order valence-corrected chi connectivity index (χ4v) is 2.35. The number of para-hydroxylation sites is 1. The second kappa shape index (κ2) is 6.27. The van der Waals surface area contributed by atoms with Crippen LogP contribution < -0.4 is 0 Å². The molecule has 5 heteroatoms. The minimum absolute atomic E-state index is 0.0567. The Morgan fingerprint density at radius 3 is 2.43 bits per heavy atom. The van der Waals surface area contributed by atoms with Gasteiger partial charge in [-0.05, 0) is 29.0 Å². The highest BCUT2D eigenvalue weighted by atomic mass is 16.6. The fourth-order valence-electron chi connectivity index (χ4n) is 2.35. The van der Waals surface area contributed by atoms with E-state index in [1.165, 1.54) is 6.07 Å². The standard InChI is InChI=1S/C18H13NO4/c20-18(15-10-9-13-5-1-2-6-14(13)11-15)23-12-16-7-3-4-8-17(16)19(21)22/h1-11H,12H2. The summed E-state index contributed by atoms with van der Waals surface area (Å²) in [6.07, 6.45) is 0. The third-order valence-electron chi connectivity index (χ3n) is 3.53. The summed E-state index contributed by atoms with van der Waals surface area (Å²) in [5.41, 5.74) is 0.729. The van der Waals surface area contributed by atoms with E-state index in [0.717, 1.165) is 10.8 Å². The van der Waals surface area contributed by atoms with Crippen LogP contribution in [0.2, 0.25) is 0 Å². The molecule has 3 rings (SSSR count). The monoisotopic (exact) mass is 307 g/mol. The van der Waals surface area contributed by atoms with Crippen molar-refractivity contribution in [3.63, 3.8) is 0 Å². The van der Waals surface area contributed by atoms with Gasteiger partial charge in [-0.3, -0.25) is 10.1 Å². The van der Waals surface area contributed by atoms with Crippen molar-refractivity contribution in [1.29, 1.82) is 0 Å². The Morgan fingerprint density at radius 2 is 1.65 bits per heavy atom. The van der Waals surface area contributed by atoms with Crippen molar-refractivity contribution in [2.24, 2.45) is 0 Å². The van der Waals surface area contributed by atoms with E-state index in [-0.39, 0.29) is 12.3 Å². The minimum atomic E-state index is -0.506. The first-order valence-corrected chi connectivity index (χ1v) is 7.03. The van der Waals surface area contributed by atoms with Crippen LogP contribution in [-0.2, 0) is 11.3 Å². The largest absolute Gasteiger partial charge is 0.457 e. The van der Waals surface area contributed by atoms with E-state index in [9.17, 15) is 14.9 Å². The first-order valence-electron chi connectivity index (χ1n) is 7.03. The highest BCUT2D eigenvalue weighted by Crippen LogP contribution is 2.20. The molecule has 0 bridgehead atoms. The van der Waals surface area contributed by atoms with Crippen LogP contribution in [0.4, 0.5) is 5.69 Å². The first-order chi connectivity index (χ1) is 11.1. The molecule has 5 nitrogen and oxygen atoms in total. The van der Waals surface area contributed by atoms with Gasteiger partial charge in [-0.15, -0.1) is 0 Å². The molecule has 0 unspecified atom stereocenters. The third kappa shape index (κ3) is 3.18. The van der Waals surface area contributed by atoms with Crippen LogP contribution in [0.25, 0.3) is 10.8 Å². The number of hydrogen-bond acceptors (Lipinski definition) is 4. The summed E-state index contributed by atoms with van der Waals surface area (Å²) in [7, 11) is 0. The maximum absolute atomic E-state index is 12.2. The van der Waals surface area contributed by atoms with Gasteiger partial charge in [-0.2, -0.15) is 0 Å². The summed E-state index contributed by atoms with van der Waals surface area (Å²) in [5, 5.41) is 12.9. The van der Waals surface area contributed by atoms with Crippen molar-refractivity contribution < 1.29 is 14.5 Å². The Morgan fingerprint density at radius 1 is 0.957 bits per heavy atom. The molecule has 0 saturated heterocycles. The Hall–Kier alpha value is -3.21. The topological polar surface area (TPSA) is 69.4 Å². The normalized spacial score (nSPS) is 10.4. The van der Waals surface area contributed by atoms with Gasteiger partial charge >= 0.3 is 5.97 Å². The number of fused-ring (bicyclic) bond motifs is 1. The van der Waals surface area contributed by atoms with Crippen LogP contribution in [0, 0.1) is 10.1 Å². The lowest BCUT2D eigenvalue weighted by atomic mass is 10.1. The summed E-state index contributed by atoms with van der Waals surface area (Å²) in [6.45, 7) is -0.136. The highest BCUT2D eigenvalue weighted by molar-refractivity contribution is 5.95. The smallest absolute Gasteiger partial charge is 0.338 e. The van der Waals surface area contributed by atoms with E-state index >= 15 is 0 Å². The molecule has 114 valence electrons. The van der Waals surface area contributed by atoms with Crippen LogP contribution in [0.15, 0.2) is 66.7 Å². The van der Waals surface area contributed by atoms with E-state index < -0.39 is 10.9 Å². The van der Waals surface area contributed by atoms with Gasteiger partial charge in [0, 0.05) is 6.07 Å². The second-order valence-corrected chi connectivity index (χ2v) is 5.02. The van der Waals surface area contributed by atoms with Crippen LogP contribution in [0.1, 0.15) is 15.9 Å². The average Bonchev–Trinajstić information content (AvgIpc) is 2.59. The van der Waals surface area contributed by atoms with E-state index in [0.29, 0.717) is 11.1 Å². The van der Waals surface area contributed by atoms with Crippen LogP contribution in [0.3, 0.4) is 0 Å². The van der Waals surface area contributed by atoms with Gasteiger partial charge < -0.3 is 4.74 Å². The lowest BCUT2D eigenvalue weighted by Crippen LogP contribution is -2.06. The number of nitrogens with zero attached hydrogens (tertiary/aromatic N) is 1. The van der Waals surface area contributed by atoms with Crippen LogP contribution in [-0.4, -0.2) is 10.9 Å². The van der Waals surface area contributed by atoms with Crippen LogP contribution in [0.5, 0.6) is 0 Å². The van der Waals surface area contributed by atoms with Crippen molar-refractivity contribution in [2.45, 2.75) is 6.61 Å². The lowest BCUT2D eigenvalue weighted by Gasteiger charge is -2.06. The van der Waals surface area contributed by atoms with Gasteiger partial charge in [0.2, 0.25) is 0 Å². The molecular formula is C18H13NO4. The summed E-state index contributed by atoms with van der Waals surface area (Å²) < 4.78 is 5.21. The predicted molar refractivity (Wildman–Crippen MR) is 86.2 cm³/mol. The van der Waals surface area contributed by atoms with Gasteiger partial charge in [0.05, 0.1) is 16.1 Å². The number of carbonyl (C=O) groups excluding carboxylic acids is 1. The first kappa shape index (κ1) is 14.7. The second-order valence-electron chi connectivity index (χ2n) is 5.02. The minimum Gasteiger partial charge on any atom is -0.457 e. The summed E-state index contributed by atoms with van der Waals surface area (Å²) in [4.78, 5) is 22.6. The van der Waals surface area contributed by atoms with E-state index in [2.05, 4.69) is 0 Å². The Kier molecular flexibility index (Phi) is 4.01. The van der Waals surface area contributed by atoms with Crippen LogP contribution >= 0.6 is 0 Å². The van der Waals surface area contributed by atoms with Gasteiger partial charge in [-0.1, -0.05) is 42.5 Å². The SMILES string of the molecule is O=C(OCc1ccccc1[N+](=O)[O-])c1ccc2ccccc2c1. The number of benzene rings is 3. The highest BCUT2D eigenvalue weighted by Gasteiger charge is 2.15. The molecule has 0 aliphatic rings. The van der Waals surface area contributed by atoms with Crippen molar-refractivity contribution in [2.75, 3.05) is 0 Å². The number of esters is 1. The number of carbonyl (C=O) groups is 1. The van der Waals surface area contributed by atoms with E-state index in [1.807, 2.05) is 30.3 Å². The molecule has 0 atom stereocenters. The summed E-state index contributed by atoms with van der Waals surface area (Å²) in [6, 6.07) is 19.2. The molecule has 0 aliphatic carbocycles. The molecule has 0 N–H and O–H groups in total. The molecule has 0 aromatic heterocycles. The molecular weight excluding hydrogens is 294 g/mol. The molecule has 0 radical (unpaired) electrons. The number of rotatable bonds is 4. The Bertz CT molecular complexity index is 889. The molecule has 0 spiro atoms. The van der Waals surface area contributed by atoms with Crippen molar-refractivity contribution in [1.82, 2.24) is 0 Å². The molecule has 0 fully saturated rings. The molecule has 3 aromatic rings.